The van der Waals surface area contributed by atoms with Gasteiger partial charge in [-0.3, -0.25) is 0 Å². The lowest BCUT2D eigenvalue weighted by Gasteiger charge is -2.08. The quantitative estimate of drug-likeness (QED) is 0.691. The number of ether oxygens (including phenoxy) is 4. The van der Waals surface area contributed by atoms with Gasteiger partial charge in [-0.2, -0.15) is 0 Å². The Labute approximate surface area is 167 Å². The lowest BCUT2D eigenvalue weighted by Crippen LogP contribution is -2.18. The molecule has 160 valence electrons. The zero-order chi connectivity index (χ0) is 20.8. The molecule has 1 saturated heterocycles. The second-order valence-corrected chi connectivity index (χ2v) is 6.29. The van der Waals surface area contributed by atoms with Crippen LogP contribution < -0.4 is 0 Å². The van der Waals surface area contributed by atoms with Crippen molar-refractivity contribution < 1.29 is 29.2 Å². The highest BCUT2D eigenvalue weighted by Crippen LogP contribution is 2.12. The van der Waals surface area contributed by atoms with E-state index < -0.39 is 6.10 Å². The lowest BCUT2D eigenvalue weighted by atomic mass is 10.4. The number of aliphatic hydroxyl groups is 2. The molecular formula is C20H34N2O6. The van der Waals surface area contributed by atoms with Crippen molar-refractivity contribution >= 4 is 0 Å². The third-order valence-electron chi connectivity index (χ3n) is 3.94. The number of methoxy groups -OCH3 is 2. The second kappa shape index (κ2) is 14.3. The van der Waals surface area contributed by atoms with Gasteiger partial charge in [0.1, 0.15) is 6.10 Å². The minimum absolute atomic E-state index is 0.0365. The van der Waals surface area contributed by atoms with E-state index in [-0.39, 0.29) is 25.3 Å². The standard InChI is InChI=1S/C9H13NO2.C7H11NO2.C4H10O2/c1-8-11-7-9(12-8)6-10-4-2-3-5-10;9-6-7(10)5-8-3-1-2-4-8;1-4(5-2)6-3/h2-5,8-9H,6-7H2,1H3;1-4,7,9-10H,5-6H2;4H,1-3H3. The summed E-state index contributed by atoms with van der Waals surface area (Å²) in [6.45, 7) is 5.63. The Balaban J connectivity index is 0.000000223. The summed E-state index contributed by atoms with van der Waals surface area (Å²) in [5.41, 5.74) is 0. The van der Waals surface area contributed by atoms with Gasteiger partial charge in [0, 0.05) is 39.0 Å². The summed E-state index contributed by atoms with van der Waals surface area (Å²) < 4.78 is 24.0. The zero-order valence-electron chi connectivity index (χ0n) is 17.2. The topological polar surface area (TPSA) is 87.2 Å². The molecule has 3 atom stereocenters. The predicted octanol–water partition coefficient (Wildman–Crippen LogP) is 1.72. The maximum absolute atomic E-state index is 8.96. The van der Waals surface area contributed by atoms with E-state index in [1.54, 1.807) is 14.2 Å². The molecule has 2 N–H and O–H groups in total. The van der Waals surface area contributed by atoms with Gasteiger partial charge in [0.05, 0.1) is 32.4 Å². The molecule has 0 spiro atoms. The molecular weight excluding hydrogens is 364 g/mol. The molecule has 1 aliphatic heterocycles. The molecule has 3 heterocycles. The SMILES string of the molecule is CC1OCC(Cn2cccc2)O1.COC(C)OC.OCC(O)Cn1cccc1. The van der Waals surface area contributed by atoms with Crippen LogP contribution in [0.25, 0.3) is 0 Å². The molecule has 1 aliphatic rings. The summed E-state index contributed by atoms with van der Waals surface area (Å²) >= 11 is 0. The molecule has 0 saturated carbocycles. The van der Waals surface area contributed by atoms with Crippen molar-refractivity contribution in [3.05, 3.63) is 49.1 Å². The molecule has 2 aromatic heterocycles. The smallest absolute Gasteiger partial charge is 0.155 e. The molecule has 0 aliphatic carbocycles. The van der Waals surface area contributed by atoms with Crippen molar-refractivity contribution in [1.82, 2.24) is 9.13 Å². The first kappa shape index (κ1) is 24.4. The first-order valence-electron chi connectivity index (χ1n) is 9.31. The molecule has 28 heavy (non-hydrogen) atoms. The number of hydrogen-bond donors (Lipinski definition) is 2. The second-order valence-electron chi connectivity index (χ2n) is 6.29. The summed E-state index contributed by atoms with van der Waals surface area (Å²) in [5, 5.41) is 17.4. The third-order valence-corrected chi connectivity index (χ3v) is 3.94. The Morgan fingerprint density at radius 1 is 1.04 bits per heavy atom. The summed E-state index contributed by atoms with van der Waals surface area (Å²) in [6.07, 6.45) is 7.23. The minimum Gasteiger partial charge on any atom is -0.394 e. The molecule has 0 radical (unpaired) electrons. The molecule has 8 nitrogen and oxygen atoms in total. The van der Waals surface area contributed by atoms with Crippen LogP contribution in [0.5, 0.6) is 0 Å². The summed E-state index contributed by atoms with van der Waals surface area (Å²) in [6, 6.07) is 7.78. The van der Waals surface area contributed by atoms with Crippen LogP contribution in [-0.4, -0.2) is 71.6 Å². The Bertz CT molecular complexity index is 572. The average Bonchev–Trinajstić information content (AvgIpc) is 3.47. The molecule has 3 unspecified atom stereocenters. The normalized spacial score (nSPS) is 19.5. The van der Waals surface area contributed by atoms with E-state index >= 15 is 0 Å². The van der Waals surface area contributed by atoms with Crippen LogP contribution in [0.3, 0.4) is 0 Å². The highest BCUT2D eigenvalue weighted by atomic mass is 16.7. The fraction of sp³-hybridized carbons (Fsp3) is 0.600. The van der Waals surface area contributed by atoms with Crippen molar-refractivity contribution in [3.8, 4) is 0 Å². The van der Waals surface area contributed by atoms with Crippen molar-refractivity contribution in [2.45, 2.75) is 51.7 Å². The fourth-order valence-electron chi connectivity index (χ4n) is 2.30. The Morgan fingerprint density at radius 2 is 1.57 bits per heavy atom. The molecule has 0 amide bonds. The van der Waals surface area contributed by atoms with Gasteiger partial charge >= 0.3 is 0 Å². The fourth-order valence-corrected chi connectivity index (χ4v) is 2.30. The highest BCUT2D eigenvalue weighted by molar-refractivity contribution is 4.91. The third kappa shape index (κ3) is 10.6. The van der Waals surface area contributed by atoms with Crippen molar-refractivity contribution in [1.29, 1.82) is 0 Å². The minimum atomic E-state index is -0.646. The molecule has 0 aromatic carbocycles. The Hall–Kier alpha value is -1.68. The first-order chi connectivity index (χ1) is 13.5. The van der Waals surface area contributed by atoms with E-state index in [2.05, 4.69) is 14.0 Å². The number of hydrogen-bond acceptors (Lipinski definition) is 6. The number of aliphatic hydroxyl groups excluding tert-OH is 2. The van der Waals surface area contributed by atoms with E-state index in [0.717, 1.165) is 6.54 Å². The largest absolute Gasteiger partial charge is 0.394 e. The number of aromatic nitrogens is 2. The summed E-state index contributed by atoms with van der Waals surface area (Å²) in [7, 11) is 3.21. The zero-order valence-corrected chi connectivity index (χ0v) is 17.2. The van der Waals surface area contributed by atoms with Gasteiger partial charge in [0.2, 0.25) is 0 Å². The van der Waals surface area contributed by atoms with E-state index in [4.69, 9.17) is 19.7 Å². The van der Waals surface area contributed by atoms with Gasteiger partial charge in [-0.25, -0.2) is 0 Å². The van der Waals surface area contributed by atoms with E-state index in [1.165, 1.54) is 0 Å². The van der Waals surface area contributed by atoms with Crippen LogP contribution in [0, 0.1) is 0 Å². The van der Waals surface area contributed by atoms with Crippen LogP contribution >= 0.6 is 0 Å². The molecule has 1 fully saturated rings. The van der Waals surface area contributed by atoms with Crippen LogP contribution in [0.4, 0.5) is 0 Å². The van der Waals surface area contributed by atoms with Crippen molar-refractivity contribution in [2.75, 3.05) is 27.4 Å². The van der Waals surface area contributed by atoms with Gasteiger partial charge < -0.3 is 38.3 Å². The van der Waals surface area contributed by atoms with Gasteiger partial charge in [-0.1, -0.05) is 0 Å². The van der Waals surface area contributed by atoms with Gasteiger partial charge in [-0.15, -0.1) is 0 Å². The molecule has 2 aromatic rings. The number of rotatable bonds is 7. The molecule has 8 heteroatoms. The van der Waals surface area contributed by atoms with E-state index in [9.17, 15) is 0 Å². The summed E-state index contributed by atoms with van der Waals surface area (Å²) in [5.74, 6) is 0. The Morgan fingerprint density at radius 3 is 1.96 bits per heavy atom. The Kier molecular flexibility index (Phi) is 12.5. The lowest BCUT2D eigenvalue weighted by molar-refractivity contribution is -0.0877. The molecule has 3 rings (SSSR count). The first-order valence-corrected chi connectivity index (χ1v) is 9.31. The molecule has 0 bridgehead atoms. The van der Waals surface area contributed by atoms with Crippen LogP contribution in [0.15, 0.2) is 49.1 Å². The maximum Gasteiger partial charge on any atom is 0.155 e. The van der Waals surface area contributed by atoms with E-state index in [0.29, 0.717) is 13.2 Å². The predicted molar refractivity (Wildman–Crippen MR) is 106 cm³/mol. The average molecular weight is 399 g/mol. The van der Waals surface area contributed by atoms with Gasteiger partial charge in [0.25, 0.3) is 0 Å². The van der Waals surface area contributed by atoms with Gasteiger partial charge in [0.15, 0.2) is 12.6 Å². The maximum atomic E-state index is 8.96. The van der Waals surface area contributed by atoms with Crippen molar-refractivity contribution in [3.63, 3.8) is 0 Å². The number of nitrogens with zero attached hydrogens (tertiary/aromatic N) is 2. The highest BCUT2D eigenvalue weighted by Gasteiger charge is 2.21. The van der Waals surface area contributed by atoms with Gasteiger partial charge in [-0.05, 0) is 38.1 Å². The van der Waals surface area contributed by atoms with Crippen LogP contribution in [-0.2, 0) is 32.0 Å². The summed E-state index contributed by atoms with van der Waals surface area (Å²) in [4.78, 5) is 0. The van der Waals surface area contributed by atoms with Crippen LogP contribution in [0.2, 0.25) is 0 Å². The van der Waals surface area contributed by atoms with Crippen LogP contribution in [0.1, 0.15) is 13.8 Å². The van der Waals surface area contributed by atoms with Crippen molar-refractivity contribution in [2.24, 2.45) is 0 Å². The van der Waals surface area contributed by atoms with E-state index in [1.807, 2.05) is 67.5 Å². The monoisotopic (exact) mass is 398 g/mol.